The lowest BCUT2D eigenvalue weighted by molar-refractivity contribution is 0.385. The van der Waals surface area contributed by atoms with E-state index in [2.05, 4.69) is 61.9 Å². The summed E-state index contributed by atoms with van der Waals surface area (Å²) in [6.45, 7) is 6.21. The van der Waals surface area contributed by atoms with E-state index in [1.165, 1.54) is 22.9 Å². The van der Waals surface area contributed by atoms with E-state index in [0.29, 0.717) is 17.5 Å². The Morgan fingerprint density at radius 2 is 1.86 bits per heavy atom. The highest BCUT2D eigenvalue weighted by atomic mass is 32.2. The lowest BCUT2D eigenvalue weighted by atomic mass is 10.1. The molecule has 0 aliphatic carbocycles. The average Bonchev–Trinajstić information content (AvgIpc) is 3.36. The fourth-order valence-electron chi connectivity index (χ4n) is 2.77. The van der Waals surface area contributed by atoms with Crippen molar-refractivity contribution < 1.29 is 4.52 Å². The van der Waals surface area contributed by atoms with Crippen LogP contribution in [0.5, 0.6) is 0 Å². The Morgan fingerprint density at radius 1 is 1.04 bits per heavy atom. The van der Waals surface area contributed by atoms with Crippen LogP contribution >= 0.6 is 11.8 Å². The van der Waals surface area contributed by atoms with Gasteiger partial charge < -0.3 is 4.52 Å². The zero-order valence-corrected chi connectivity index (χ0v) is 16.8. The van der Waals surface area contributed by atoms with Crippen molar-refractivity contribution in [3.05, 3.63) is 65.6 Å². The molecular weight excluding hydrogens is 372 g/mol. The topological polar surface area (TPSA) is 82.5 Å². The normalized spacial score (nSPS) is 11.1. The van der Waals surface area contributed by atoms with Crippen LogP contribution in [-0.2, 0) is 12.2 Å². The molecule has 3 aromatic heterocycles. The smallest absolute Gasteiger partial charge is 0.237 e. The molecule has 0 bridgehead atoms. The second-order valence-corrected chi connectivity index (χ2v) is 7.34. The minimum absolute atomic E-state index is 0.534. The van der Waals surface area contributed by atoms with Crippen molar-refractivity contribution in [1.29, 1.82) is 0 Å². The molecule has 0 saturated heterocycles. The molecule has 8 heteroatoms. The zero-order valence-electron chi connectivity index (χ0n) is 16.0. The summed E-state index contributed by atoms with van der Waals surface area (Å²) in [5, 5.41) is 13.6. The van der Waals surface area contributed by atoms with E-state index < -0.39 is 0 Å². The molecule has 0 saturated carbocycles. The summed E-state index contributed by atoms with van der Waals surface area (Å²) < 4.78 is 7.36. The third-order valence-corrected chi connectivity index (χ3v) is 5.39. The Hall–Kier alpha value is -3.00. The van der Waals surface area contributed by atoms with Gasteiger partial charge in [-0.2, -0.15) is 4.98 Å². The first-order chi connectivity index (χ1) is 13.7. The molecular formula is C20H20N6OS. The Kier molecular flexibility index (Phi) is 5.21. The monoisotopic (exact) mass is 392 g/mol. The number of rotatable bonds is 6. The molecule has 0 amide bonds. The summed E-state index contributed by atoms with van der Waals surface area (Å²) >= 11 is 1.52. The molecule has 0 atom stereocenters. The van der Waals surface area contributed by atoms with E-state index in [-0.39, 0.29) is 0 Å². The summed E-state index contributed by atoms with van der Waals surface area (Å²) in [6.07, 6.45) is 4.26. The number of pyridine rings is 1. The minimum Gasteiger partial charge on any atom is -0.338 e. The van der Waals surface area contributed by atoms with Crippen LogP contribution in [0.2, 0.25) is 0 Å². The molecule has 0 aliphatic heterocycles. The van der Waals surface area contributed by atoms with Gasteiger partial charge in [-0.05, 0) is 49.2 Å². The standard InChI is InChI=1S/C20H20N6OS/c1-4-17-22-18(27-25-17)12-28-20-24-23-19(15-7-9-21-10-8-15)26(20)16-6-5-13(2)14(3)11-16/h5-11H,4,12H2,1-3H3. The second kappa shape index (κ2) is 7.93. The molecule has 1 aromatic carbocycles. The number of nitrogens with zero attached hydrogens (tertiary/aromatic N) is 6. The Morgan fingerprint density at radius 3 is 2.57 bits per heavy atom. The molecule has 142 valence electrons. The van der Waals surface area contributed by atoms with Crippen LogP contribution in [0.25, 0.3) is 17.1 Å². The van der Waals surface area contributed by atoms with Crippen molar-refractivity contribution in [2.45, 2.75) is 38.1 Å². The molecule has 0 fully saturated rings. The predicted molar refractivity (Wildman–Crippen MR) is 107 cm³/mol. The Labute approximate surface area is 167 Å². The van der Waals surface area contributed by atoms with Gasteiger partial charge in [-0.15, -0.1) is 10.2 Å². The lowest BCUT2D eigenvalue weighted by Gasteiger charge is -2.11. The fraction of sp³-hybridized carbons (Fsp3) is 0.250. The number of thioether (sulfide) groups is 1. The number of aromatic nitrogens is 6. The first-order valence-corrected chi connectivity index (χ1v) is 10.0. The number of aryl methyl sites for hydroxylation is 3. The maximum absolute atomic E-state index is 5.30. The van der Waals surface area contributed by atoms with Crippen molar-refractivity contribution in [3.8, 4) is 17.1 Å². The molecule has 0 spiro atoms. The third-order valence-electron chi connectivity index (χ3n) is 4.47. The van der Waals surface area contributed by atoms with Gasteiger partial charge in [0.2, 0.25) is 5.89 Å². The minimum atomic E-state index is 0.534. The van der Waals surface area contributed by atoms with E-state index in [1.807, 2.05) is 19.1 Å². The number of hydrogen-bond acceptors (Lipinski definition) is 7. The van der Waals surface area contributed by atoms with E-state index in [0.717, 1.165) is 28.7 Å². The molecule has 4 aromatic rings. The quantitative estimate of drug-likeness (QED) is 0.455. The number of benzene rings is 1. The van der Waals surface area contributed by atoms with E-state index in [9.17, 15) is 0 Å². The second-order valence-electron chi connectivity index (χ2n) is 6.39. The van der Waals surface area contributed by atoms with Gasteiger partial charge in [0.1, 0.15) is 0 Å². The van der Waals surface area contributed by atoms with Crippen LogP contribution in [-0.4, -0.2) is 29.9 Å². The van der Waals surface area contributed by atoms with Crippen LogP contribution in [0, 0.1) is 13.8 Å². The first-order valence-electron chi connectivity index (χ1n) is 9.03. The van der Waals surface area contributed by atoms with Crippen molar-refractivity contribution in [2.75, 3.05) is 0 Å². The largest absolute Gasteiger partial charge is 0.338 e. The first kappa shape index (κ1) is 18.4. The van der Waals surface area contributed by atoms with Crippen LogP contribution in [0.4, 0.5) is 0 Å². The SMILES string of the molecule is CCc1noc(CSc2nnc(-c3ccncc3)n2-c2ccc(C)c(C)c2)n1. The van der Waals surface area contributed by atoms with Crippen molar-refractivity contribution in [1.82, 2.24) is 29.9 Å². The van der Waals surface area contributed by atoms with Gasteiger partial charge in [-0.25, -0.2) is 0 Å². The average molecular weight is 392 g/mol. The third kappa shape index (κ3) is 3.68. The van der Waals surface area contributed by atoms with Crippen molar-refractivity contribution >= 4 is 11.8 Å². The molecule has 0 N–H and O–H groups in total. The van der Waals surface area contributed by atoms with Crippen LogP contribution in [0.1, 0.15) is 29.8 Å². The Balaban J connectivity index is 1.73. The van der Waals surface area contributed by atoms with Crippen LogP contribution in [0.3, 0.4) is 0 Å². The molecule has 4 rings (SSSR count). The summed E-state index contributed by atoms with van der Waals surface area (Å²) in [7, 11) is 0. The molecule has 0 unspecified atom stereocenters. The molecule has 0 radical (unpaired) electrons. The summed E-state index contributed by atoms with van der Waals surface area (Å²) in [5.41, 5.74) is 4.43. The number of hydrogen-bond donors (Lipinski definition) is 0. The van der Waals surface area contributed by atoms with Gasteiger partial charge >= 0.3 is 0 Å². The fourth-order valence-corrected chi connectivity index (χ4v) is 3.56. The molecule has 3 heterocycles. The van der Waals surface area contributed by atoms with Gasteiger partial charge in [0.25, 0.3) is 0 Å². The molecule has 7 nitrogen and oxygen atoms in total. The molecule has 0 aliphatic rings. The summed E-state index contributed by atoms with van der Waals surface area (Å²) in [4.78, 5) is 8.47. The zero-order chi connectivity index (χ0) is 19.5. The van der Waals surface area contributed by atoms with Gasteiger partial charge in [0, 0.05) is 24.4 Å². The summed E-state index contributed by atoms with van der Waals surface area (Å²) in [6, 6.07) is 10.2. The molecule has 28 heavy (non-hydrogen) atoms. The highest BCUT2D eigenvalue weighted by molar-refractivity contribution is 7.98. The van der Waals surface area contributed by atoms with E-state index in [4.69, 9.17) is 4.52 Å². The summed E-state index contributed by atoms with van der Waals surface area (Å²) in [5.74, 6) is 2.60. The van der Waals surface area contributed by atoms with Gasteiger partial charge in [-0.1, -0.05) is 29.9 Å². The van der Waals surface area contributed by atoms with Gasteiger partial charge in [-0.3, -0.25) is 9.55 Å². The highest BCUT2D eigenvalue weighted by Gasteiger charge is 2.18. The predicted octanol–water partition coefficient (Wildman–Crippen LogP) is 4.18. The lowest BCUT2D eigenvalue weighted by Crippen LogP contribution is -2.01. The Bertz CT molecular complexity index is 1090. The van der Waals surface area contributed by atoms with Crippen LogP contribution in [0.15, 0.2) is 52.4 Å². The maximum Gasteiger partial charge on any atom is 0.237 e. The highest BCUT2D eigenvalue weighted by Crippen LogP contribution is 2.30. The van der Waals surface area contributed by atoms with E-state index >= 15 is 0 Å². The van der Waals surface area contributed by atoms with Crippen molar-refractivity contribution in [2.24, 2.45) is 0 Å². The van der Waals surface area contributed by atoms with Gasteiger partial charge in [0.05, 0.1) is 11.4 Å². The van der Waals surface area contributed by atoms with Gasteiger partial charge in [0.15, 0.2) is 16.8 Å². The van der Waals surface area contributed by atoms with E-state index in [1.54, 1.807) is 12.4 Å². The van der Waals surface area contributed by atoms with Crippen molar-refractivity contribution in [3.63, 3.8) is 0 Å². The van der Waals surface area contributed by atoms with Crippen LogP contribution < -0.4 is 0 Å². The maximum atomic E-state index is 5.30.